The number of fused-ring (bicyclic) bond motifs is 2. The van der Waals surface area contributed by atoms with Crippen molar-refractivity contribution >= 4 is 46.5 Å². The third kappa shape index (κ3) is 4.06. The lowest BCUT2D eigenvalue weighted by molar-refractivity contribution is -0.113. The number of rotatable bonds is 5. The van der Waals surface area contributed by atoms with Gasteiger partial charge in [0.2, 0.25) is 5.91 Å². The molecule has 0 radical (unpaired) electrons. The number of hydrogen-bond donors (Lipinski definition) is 1. The van der Waals surface area contributed by atoms with Crippen LogP contribution in [0, 0.1) is 0 Å². The molecule has 1 aromatic heterocycles. The van der Waals surface area contributed by atoms with Gasteiger partial charge in [-0.25, -0.2) is 0 Å². The Bertz CT molecular complexity index is 1430. The van der Waals surface area contributed by atoms with E-state index in [-0.39, 0.29) is 28.8 Å². The smallest absolute Gasteiger partial charge is 0.234 e. The Morgan fingerprint density at radius 3 is 2.39 bits per heavy atom. The predicted molar refractivity (Wildman–Crippen MR) is 125 cm³/mol. The molecule has 0 fully saturated rings. The maximum absolute atomic E-state index is 12.9. The van der Waals surface area contributed by atoms with Crippen molar-refractivity contribution in [3.05, 3.63) is 100 Å². The summed E-state index contributed by atoms with van der Waals surface area (Å²) in [7, 11) is 0. The van der Waals surface area contributed by atoms with Gasteiger partial charge < -0.3 is 5.32 Å². The molecule has 9 heteroatoms. The molecule has 1 N–H and O–H groups in total. The van der Waals surface area contributed by atoms with E-state index >= 15 is 0 Å². The van der Waals surface area contributed by atoms with Crippen LogP contribution in [0.2, 0.25) is 5.02 Å². The summed E-state index contributed by atoms with van der Waals surface area (Å²) in [6.45, 7) is 0. The van der Waals surface area contributed by atoms with Crippen LogP contribution in [0.4, 0.5) is 5.69 Å². The highest BCUT2D eigenvalue weighted by atomic mass is 35.5. The maximum atomic E-state index is 12.9. The molecule has 0 bridgehead atoms. The summed E-state index contributed by atoms with van der Waals surface area (Å²) in [6, 6.07) is 18.7. The van der Waals surface area contributed by atoms with Gasteiger partial charge in [0, 0.05) is 33.0 Å². The largest absolute Gasteiger partial charge is 0.325 e. The summed E-state index contributed by atoms with van der Waals surface area (Å²) < 4.78 is 1.74. The molecule has 4 aromatic rings. The minimum atomic E-state index is -0.282. The topological polar surface area (TPSA) is 93.9 Å². The quantitative estimate of drug-likeness (QED) is 0.379. The molecule has 1 aliphatic carbocycles. The Kier molecular flexibility index (Phi) is 5.53. The molecule has 0 unspecified atom stereocenters. The Hall–Kier alpha value is -3.75. The molecule has 1 aliphatic rings. The second-order valence-electron chi connectivity index (χ2n) is 7.26. The van der Waals surface area contributed by atoms with E-state index in [1.54, 1.807) is 65.5 Å². The van der Waals surface area contributed by atoms with Crippen molar-refractivity contribution in [2.45, 2.75) is 5.16 Å². The van der Waals surface area contributed by atoms with E-state index in [0.29, 0.717) is 32.6 Å². The molecule has 162 valence electrons. The zero-order valence-corrected chi connectivity index (χ0v) is 18.6. The normalized spacial score (nSPS) is 12.3. The van der Waals surface area contributed by atoms with Gasteiger partial charge in [0.05, 0.1) is 11.4 Å². The number of benzene rings is 3. The fraction of sp³-hybridized carbons (Fsp3) is 0.0417. The van der Waals surface area contributed by atoms with Crippen LogP contribution in [-0.2, 0) is 4.79 Å². The third-order valence-electron chi connectivity index (χ3n) is 5.14. The van der Waals surface area contributed by atoms with Gasteiger partial charge in [-0.05, 0) is 36.4 Å². The Balaban J connectivity index is 1.30. The summed E-state index contributed by atoms with van der Waals surface area (Å²) in [5.41, 5.74) is 2.61. The van der Waals surface area contributed by atoms with Gasteiger partial charge in [0.15, 0.2) is 16.7 Å². The van der Waals surface area contributed by atoms with Gasteiger partial charge in [-0.2, -0.15) is 0 Å². The lowest BCUT2D eigenvalue weighted by Gasteiger charge is -2.18. The number of nitrogens with zero attached hydrogens (tertiary/aromatic N) is 3. The van der Waals surface area contributed by atoms with Crippen molar-refractivity contribution in [3.8, 4) is 5.69 Å². The Morgan fingerprint density at radius 2 is 1.64 bits per heavy atom. The molecular formula is C24H15ClN4O3S. The van der Waals surface area contributed by atoms with Gasteiger partial charge >= 0.3 is 0 Å². The van der Waals surface area contributed by atoms with Crippen LogP contribution in [0.15, 0.2) is 78.2 Å². The summed E-state index contributed by atoms with van der Waals surface area (Å²) in [5.74, 6) is -0.642. The van der Waals surface area contributed by atoms with E-state index in [4.69, 9.17) is 11.6 Å². The molecular weight excluding hydrogens is 460 g/mol. The first-order chi connectivity index (χ1) is 16.0. The molecule has 0 spiro atoms. The van der Waals surface area contributed by atoms with Gasteiger partial charge in [-0.15, -0.1) is 10.2 Å². The van der Waals surface area contributed by atoms with Crippen molar-refractivity contribution in [1.29, 1.82) is 0 Å². The van der Waals surface area contributed by atoms with E-state index in [0.717, 1.165) is 5.69 Å². The molecule has 0 aliphatic heterocycles. The SMILES string of the molecule is O=C(CSc1nncn1-c1cccc(Cl)c1)Nc1ccc2c(c1)C(=O)c1ccccc1C2=O. The monoisotopic (exact) mass is 474 g/mol. The number of ketones is 2. The average molecular weight is 475 g/mol. The van der Waals surface area contributed by atoms with E-state index in [1.165, 1.54) is 11.8 Å². The van der Waals surface area contributed by atoms with Crippen LogP contribution in [-0.4, -0.2) is 38.0 Å². The number of hydrogen-bond acceptors (Lipinski definition) is 6. The van der Waals surface area contributed by atoms with Crippen molar-refractivity contribution in [1.82, 2.24) is 14.8 Å². The summed E-state index contributed by atoms with van der Waals surface area (Å²) in [5, 5.41) is 11.9. The average Bonchev–Trinajstić information content (AvgIpc) is 3.30. The summed E-state index contributed by atoms with van der Waals surface area (Å²) in [6.07, 6.45) is 1.55. The van der Waals surface area contributed by atoms with Crippen LogP contribution in [0.1, 0.15) is 31.8 Å². The summed E-state index contributed by atoms with van der Waals surface area (Å²) >= 11 is 7.27. The second-order valence-corrected chi connectivity index (χ2v) is 8.64. The van der Waals surface area contributed by atoms with Gasteiger partial charge in [-0.3, -0.25) is 19.0 Å². The van der Waals surface area contributed by atoms with Gasteiger partial charge in [-0.1, -0.05) is 53.7 Å². The van der Waals surface area contributed by atoms with Crippen molar-refractivity contribution in [3.63, 3.8) is 0 Å². The fourth-order valence-corrected chi connectivity index (χ4v) is 4.54. The number of aromatic nitrogens is 3. The van der Waals surface area contributed by atoms with Crippen LogP contribution in [0.25, 0.3) is 5.69 Å². The van der Waals surface area contributed by atoms with Crippen LogP contribution in [0.3, 0.4) is 0 Å². The molecule has 3 aromatic carbocycles. The van der Waals surface area contributed by atoms with Gasteiger partial charge in [0.1, 0.15) is 6.33 Å². The van der Waals surface area contributed by atoms with Gasteiger partial charge in [0.25, 0.3) is 0 Å². The first-order valence-electron chi connectivity index (χ1n) is 9.92. The molecule has 7 nitrogen and oxygen atoms in total. The molecule has 0 saturated heterocycles. The zero-order chi connectivity index (χ0) is 22.9. The molecule has 1 heterocycles. The number of anilines is 1. The highest BCUT2D eigenvalue weighted by Gasteiger charge is 2.29. The molecule has 0 saturated carbocycles. The molecule has 33 heavy (non-hydrogen) atoms. The highest BCUT2D eigenvalue weighted by molar-refractivity contribution is 7.99. The Morgan fingerprint density at radius 1 is 0.909 bits per heavy atom. The minimum Gasteiger partial charge on any atom is -0.325 e. The fourth-order valence-electron chi connectivity index (χ4n) is 3.63. The number of nitrogens with one attached hydrogen (secondary N) is 1. The predicted octanol–water partition coefficient (Wildman–Crippen LogP) is 4.43. The van der Waals surface area contributed by atoms with Crippen LogP contribution >= 0.6 is 23.4 Å². The van der Waals surface area contributed by atoms with E-state index < -0.39 is 0 Å². The highest BCUT2D eigenvalue weighted by Crippen LogP contribution is 2.29. The summed E-state index contributed by atoms with van der Waals surface area (Å²) in [4.78, 5) is 38.2. The van der Waals surface area contributed by atoms with E-state index in [1.807, 2.05) is 12.1 Å². The molecule has 0 atom stereocenters. The lowest BCUT2D eigenvalue weighted by atomic mass is 9.84. The maximum Gasteiger partial charge on any atom is 0.234 e. The number of thioether (sulfide) groups is 1. The second kappa shape index (κ2) is 8.65. The minimum absolute atomic E-state index is 0.0755. The van der Waals surface area contributed by atoms with Crippen molar-refractivity contribution in [2.75, 3.05) is 11.1 Å². The number of amides is 1. The first-order valence-corrected chi connectivity index (χ1v) is 11.3. The van der Waals surface area contributed by atoms with Crippen molar-refractivity contribution in [2.24, 2.45) is 0 Å². The number of halogens is 1. The molecule has 5 rings (SSSR count). The standard InChI is InChI=1S/C24H15ClN4O3S/c25-14-4-3-5-16(10-14)29-13-26-28-24(29)33-12-21(30)27-15-8-9-19-20(11-15)23(32)18-7-2-1-6-17(18)22(19)31/h1-11,13H,12H2,(H,27,30). The van der Waals surface area contributed by atoms with Crippen LogP contribution in [0.5, 0.6) is 0 Å². The Labute approximate surface area is 197 Å². The number of carbonyl (C=O) groups excluding carboxylic acids is 3. The first kappa shape index (κ1) is 21.1. The van der Waals surface area contributed by atoms with Crippen molar-refractivity contribution < 1.29 is 14.4 Å². The van der Waals surface area contributed by atoms with E-state index in [2.05, 4.69) is 15.5 Å². The third-order valence-corrected chi connectivity index (χ3v) is 6.32. The van der Waals surface area contributed by atoms with E-state index in [9.17, 15) is 14.4 Å². The molecule has 1 amide bonds. The number of carbonyl (C=O) groups is 3. The van der Waals surface area contributed by atoms with Crippen LogP contribution < -0.4 is 5.32 Å². The zero-order valence-electron chi connectivity index (χ0n) is 17.0. The lowest BCUT2D eigenvalue weighted by Crippen LogP contribution is -2.21.